The average molecular weight is 319 g/mol. The van der Waals surface area contributed by atoms with Crippen molar-refractivity contribution in [3.8, 4) is 0 Å². The number of nitrogens with zero attached hydrogens (tertiary/aromatic N) is 1. The van der Waals surface area contributed by atoms with Gasteiger partial charge in [0.15, 0.2) is 15.8 Å². The second kappa shape index (κ2) is 10.00. The van der Waals surface area contributed by atoms with Crippen LogP contribution in [0.15, 0.2) is 4.99 Å². The van der Waals surface area contributed by atoms with Crippen LogP contribution in [-0.4, -0.2) is 58.7 Å². The molecule has 1 aliphatic carbocycles. The molecular weight excluding hydrogens is 290 g/mol. The fourth-order valence-corrected chi connectivity index (χ4v) is 2.40. The van der Waals surface area contributed by atoms with Crippen LogP contribution in [0.25, 0.3) is 0 Å². The molecule has 0 aromatic carbocycles. The standard InChI is InChI=1S/C14H29N3O3S/c1-3-15-14(17-9-11-21(18,19)4-2)16-8-5-10-20-12-13-6-7-13/h13H,3-12H2,1-2H3,(H2,15,16,17). The van der Waals surface area contributed by atoms with Crippen molar-refractivity contribution in [3.63, 3.8) is 0 Å². The molecule has 0 aromatic rings. The highest BCUT2D eigenvalue weighted by Gasteiger charge is 2.20. The summed E-state index contributed by atoms with van der Waals surface area (Å²) in [5, 5.41) is 6.16. The number of aliphatic imine (C=N–C) groups is 1. The summed E-state index contributed by atoms with van der Waals surface area (Å²) in [4.78, 5) is 4.41. The van der Waals surface area contributed by atoms with Crippen molar-refractivity contribution in [2.75, 3.05) is 44.4 Å². The molecule has 124 valence electrons. The van der Waals surface area contributed by atoms with E-state index in [1.165, 1.54) is 12.8 Å². The lowest BCUT2D eigenvalue weighted by molar-refractivity contribution is 0.123. The second-order valence-corrected chi connectivity index (χ2v) is 7.77. The summed E-state index contributed by atoms with van der Waals surface area (Å²) < 4.78 is 28.4. The Hall–Kier alpha value is -0.820. The summed E-state index contributed by atoms with van der Waals surface area (Å²) in [6.07, 6.45) is 3.51. The third-order valence-electron chi connectivity index (χ3n) is 3.26. The Labute approximate surface area is 128 Å². The summed E-state index contributed by atoms with van der Waals surface area (Å²) in [6, 6.07) is 0. The Morgan fingerprint density at radius 1 is 1.29 bits per heavy atom. The van der Waals surface area contributed by atoms with Crippen LogP contribution in [0.1, 0.15) is 33.1 Å². The van der Waals surface area contributed by atoms with Crippen LogP contribution in [0.4, 0.5) is 0 Å². The molecule has 6 nitrogen and oxygen atoms in total. The molecule has 0 radical (unpaired) electrons. The number of ether oxygens (including phenoxy) is 1. The first kappa shape index (κ1) is 18.2. The number of hydrogen-bond donors (Lipinski definition) is 2. The predicted molar refractivity (Wildman–Crippen MR) is 86.5 cm³/mol. The van der Waals surface area contributed by atoms with E-state index in [4.69, 9.17) is 4.74 Å². The zero-order valence-corrected chi connectivity index (χ0v) is 14.0. The first-order chi connectivity index (χ1) is 10.1. The van der Waals surface area contributed by atoms with Gasteiger partial charge in [-0.15, -0.1) is 0 Å². The van der Waals surface area contributed by atoms with Gasteiger partial charge >= 0.3 is 0 Å². The van der Waals surface area contributed by atoms with Gasteiger partial charge in [0.05, 0.1) is 5.75 Å². The highest BCUT2D eigenvalue weighted by atomic mass is 32.2. The molecule has 1 rings (SSSR count). The molecule has 0 saturated heterocycles. The SMILES string of the molecule is CCNC(=NCCCOCC1CC1)NCCS(=O)(=O)CC. The topological polar surface area (TPSA) is 79.8 Å². The third-order valence-corrected chi connectivity index (χ3v) is 4.96. The highest BCUT2D eigenvalue weighted by Crippen LogP contribution is 2.28. The maximum absolute atomic E-state index is 11.4. The van der Waals surface area contributed by atoms with Gasteiger partial charge < -0.3 is 15.4 Å². The molecule has 0 bridgehead atoms. The molecule has 0 spiro atoms. The van der Waals surface area contributed by atoms with Gasteiger partial charge in [-0.1, -0.05) is 6.92 Å². The number of nitrogens with one attached hydrogen (secondary N) is 2. The molecule has 1 saturated carbocycles. The van der Waals surface area contributed by atoms with Crippen molar-refractivity contribution >= 4 is 15.8 Å². The molecule has 0 heterocycles. The summed E-state index contributed by atoms with van der Waals surface area (Å²) in [5.41, 5.74) is 0. The van der Waals surface area contributed by atoms with Crippen molar-refractivity contribution < 1.29 is 13.2 Å². The maximum atomic E-state index is 11.4. The van der Waals surface area contributed by atoms with E-state index in [2.05, 4.69) is 15.6 Å². The summed E-state index contributed by atoms with van der Waals surface area (Å²) >= 11 is 0. The fourth-order valence-electron chi connectivity index (χ4n) is 1.70. The van der Waals surface area contributed by atoms with E-state index >= 15 is 0 Å². The van der Waals surface area contributed by atoms with E-state index < -0.39 is 9.84 Å². The minimum absolute atomic E-state index is 0.137. The lowest BCUT2D eigenvalue weighted by atomic mass is 10.4. The van der Waals surface area contributed by atoms with Crippen LogP contribution in [0.5, 0.6) is 0 Å². The molecule has 1 fully saturated rings. The molecule has 0 aliphatic heterocycles. The van der Waals surface area contributed by atoms with Crippen molar-refractivity contribution in [2.45, 2.75) is 33.1 Å². The van der Waals surface area contributed by atoms with Gasteiger partial charge in [0.2, 0.25) is 0 Å². The van der Waals surface area contributed by atoms with Crippen LogP contribution >= 0.6 is 0 Å². The zero-order valence-electron chi connectivity index (χ0n) is 13.2. The Balaban J connectivity index is 2.15. The lowest BCUT2D eigenvalue weighted by Crippen LogP contribution is -2.39. The van der Waals surface area contributed by atoms with E-state index in [9.17, 15) is 8.42 Å². The number of sulfone groups is 1. The van der Waals surface area contributed by atoms with Crippen LogP contribution in [0, 0.1) is 5.92 Å². The molecule has 1 aliphatic rings. The Morgan fingerprint density at radius 3 is 2.67 bits per heavy atom. The number of hydrogen-bond acceptors (Lipinski definition) is 4. The average Bonchev–Trinajstić information content (AvgIpc) is 3.26. The minimum atomic E-state index is -2.93. The lowest BCUT2D eigenvalue weighted by Gasteiger charge is -2.11. The molecule has 0 amide bonds. The summed E-state index contributed by atoms with van der Waals surface area (Å²) in [6.45, 7) is 7.10. The molecular formula is C14H29N3O3S. The maximum Gasteiger partial charge on any atom is 0.191 e. The largest absolute Gasteiger partial charge is 0.381 e. The van der Waals surface area contributed by atoms with Crippen molar-refractivity contribution in [3.05, 3.63) is 0 Å². The van der Waals surface area contributed by atoms with Gasteiger partial charge in [0, 0.05) is 38.6 Å². The molecule has 0 unspecified atom stereocenters. The van der Waals surface area contributed by atoms with Crippen molar-refractivity contribution in [1.82, 2.24) is 10.6 Å². The van der Waals surface area contributed by atoms with Gasteiger partial charge in [-0.25, -0.2) is 8.42 Å². The van der Waals surface area contributed by atoms with Crippen LogP contribution < -0.4 is 10.6 Å². The zero-order chi connectivity index (χ0) is 15.6. The van der Waals surface area contributed by atoms with Gasteiger partial charge in [-0.2, -0.15) is 0 Å². The smallest absolute Gasteiger partial charge is 0.191 e. The summed E-state index contributed by atoms with van der Waals surface area (Å²) in [7, 11) is -2.93. The molecule has 0 atom stereocenters. The van der Waals surface area contributed by atoms with E-state index in [0.29, 0.717) is 19.0 Å². The van der Waals surface area contributed by atoms with Crippen LogP contribution in [0.2, 0.25) is 0 Å². The van der Waals surface area contributed by atoms with Crippen LogP contribution in [-0.2, 0) is 14.6 Å². The number of rotatable bonds is 11. The van der Waals surface area contributed by atoms with E-state index in [1.807, 2.05) is 6.92 Å². The molecule has 0 aromatic heterocycles. The van der Waals surface area contributed by atoms with Gasteiger partial charge in [0.25, 0.3) is 0 Å². The van der Waals surface area contributed by atoms with Gasteiger partial charge in [-0.05, 0) is 32.1 Å². The quantitative estimate of drug-likeness (QED) is 0.334. The molecule has 7 heteroatoms. The van der Waals surface area contributed by atoms with E-state index in [-0.39, 0.29) is 11.5 Å². The Kier molecular flexibility index (Phi) is 8.68. The first-order valence-corrected chi connectivity index (χ1v) is 9.70. The van der Waals surface area contributed by atoms with E-state index in [0.717, 1.165) is 32.1 Å². The summed E-state index contributed by atoms with van der Waals surface area (Å²) in [5.74, 6) is 1.79. The molecule has 21 heavy (non-hydrogen) atoms. The highest BCUT2D eigenvalue weighted by molar-refractivity contribution is 7.91. The fraction of sp³-hybridized carbons (Fsp3) is 0.929. The van der Waals surface area contributed by atoms with Crippen molar-refractivity contribution in [2.24, 2.45) is 10.9 Å². The monoisotopic (exact) mass is 319 g/mol. The van der Waals surface area contributed by atoms with Crippen LogP contribution in [0.3, 0.4) is 0 Å². The normalized spacial score (nSPS) is 16.0. The Bertz CT molecular complexity index is 406. The second-order valence-electron chi connectivity index (χ2n) is 5.30. The minimum Gasteiger partial charge on any atom is -0.381 e. The van der Waals surface area contributed by atoms with Gasteiger partial charge in [0.1, 0.15) is 0 Å². The van der Waals surface area contributed by atoms with Crippen molar-refractivity contribution in [1.29, 1.82) is 0 Å². The molecule has 2 N–H and O–H groups in total. The Morgan fingerprint density at radius 2 is 2.05 bits per heavy atom. The third kappa shape index (κ3) is 9.68. The van der Waals surface area contributed by atoms with Gasteiger partial charge in [-0.3, -0.25) is 4.99 Å². The first-order valence-electron chi connectivity index (χ1n) is 7.87. The number of guanidine groups is 1. The van der Waals surface area contributed by atoms with E-state index in [1.54, 1.807) is 6.92 Å². The predicted octanol–water partition coefficient (Wildman–Crippen LogP) is 0.793.